The summed E-state index contributed by atoms with van der Waals surface area (Å²) in [5.74, 6) is -0.708. The average Bonchev–Trinajstić information content (AvgIpc) is 2.53. The van der Waals surface area contributed by atoms with Gasteiger partial charge < -0.3 is 10.1 Å². The molecule has 0 bridgehead atoms. The minimum atomic E-state index is -4.19. The van der Waals surface area contributed by atoms with Crippen LogP contribution < -0.4 is 10.1 Å². The van der Waals surface area contributed by atoms with Gasteiger partial charge >= 0.3 is 6.18 Å². The standard InChI is InChI=1S/C19H27F3N2O2/c1-18(2)13-24(10-8-16(18)19(20,21)22)12-17(25)23-9-7-14-5-4-6-15(11-14)26-3/h4-6,11,16H,7-10,12-13H2,1-3H3,(H,23,25). The summed E-state index contributed by atoms with van der Waals surface area (Å²) in [5.41, 5.74) is 0.161. The monoisotopic (exact) mass is 372 g/mol. The van der Waals surface area contributed by atoms with E-state index in [2.05, 4.69) is 5.32 Å². The van der Waals surface area contributed by atoms with Gasteiger partial charge in [-0.2, -0.15) is 13.2 Å². The van der Waals surface area contributed by atoms with Crippen molar-refractivity contribution >= 4 is 5.91 Å². The molecule has 1 aromatic rings. The van der Waals surface area contributed by atoms with E-state index in [1.165, 1.54) is 0 Å². The maximum absolute atomic E-state index is 13.1. The molecule has 1 unspecified atom stereocenters. The third kappa shape index (κ3) is 5.62. The number of carbonyl (C=O) groups excluding carboxylic acids is 1. The molecule has 26 heavy (non-hydrogen) atoms. The van der Waals surface area contributed by atoms with Crippen molar-refractivity contribution in [1.82, 2.24) is 10.2 Å². The fourth-order valence-electron chi connectivity index (χ4n) is 3.64. The van der Waals surface area contributed by atoms with Gasteiger partial charge in [-0.1, -0.05) is 26.0 Å². The topological polar surface area (TPSA) is 41.6 Å². The Bertz CT molecular complexity index is 617. The summed E-state index contributed by atoms with van der Waals surface area (Å²) in [6.07, 6.45) is -3.48. The molecule has 1 aromatic carbocycles. The van der Waals surface area contributed by atoms with E-state index in [1.54, 1.807) is 21.0 Å². The number of methoxy groups -OCH3 is 1. The fourth-order valence-corrected chi connectivity index (χ4v) is 3.64. The van der Waals surface area contributed by atoms with Gasteiger partial charge in [-0.15, -0.1) is 0 Å². The van der Waals surface area contributed by atoms with Crippen LogP contribution in [-0.4, -0.2) is 50.3 Å². The van der Waals surface area contributed by atoms with Crippen LogP contribution in [0.5, 0.6) is 5.75 Å². The number of hydrogen-bond donors (Lipinski definition) is 1. The second-order valence-corrected chi connectivity index (χ2v) is 7.53. The van der Waals surface area contributed by atoms with Crippen molar-refractivity contribution in [1.29, 1.82) is 0 Å². The first-order valence-corrected chi connectivity index (χ1v) is 8.80. The first-order chi connectivity index (χ1) is 12.1. The van der Waals surface area contributed by atoms with Gasteiger partial charge in [-0.25, -0.2) is 0 Å². The Morgan fingerprint density at radius 2 is 2.12 bits per heavy atom. The molecular formula is C19H27F3N2O2. The van der Waals surface area contributed by atoms with Crippen LogP contribution in [0.3, 0.4) is 0 Å². The Balaban J connectivity index is 1.78. The molecular weight excluding hydrogens is 345 g/mol. The van der Waals surface area contributed by atoms with E-state index in [1.807, 2.05) is 29.2 Å². The maximum Gasteiger partial charge on any atom is 0.392 e. The highest BCUT2D eigenvalue weighted by molar-refractivity contribution is 5.78. The Morgan fingerprint density at radius 1 is 1.38 bits per heavy atom. The van der Waals surface area contributed by atoms with Gasteiger partial charge in [0.1, 0.15) is 5.75 Å². The lowest BCUT2D eigenvalue weighted by atomic mass is 9.73. The van der Waals surface area contributed by atoms with Crippen LogP contribution in [0.15, 0.2) is 24.3 Å². The number of carbonyl (C=O) groups is 1. The first kappa shape index (κ1) is 20.6. The summed E-state index contributed by atoms with van der Waals surface area (Å²) in [4.78, 5) is 13.9. The molecule has 1 aliphatic heterocycles. The van der Waals surface area contributed by atoms with E-state index in [0.717, 1.165) is 11.3 Å². The van der Waals surface area contributed by atoms with Crippen molar-refractivity contribution in [2.24, 2.45) is 11.3 Å². The molecule has 2 rings (SSSR count). The van der Waals surface area contributed by atoms with E-state index in [-0.39, 0.29) is 32.0 Å². The number of benzene rings is 1. The summed E-state index contributed by atoms with van der Waals surface area (Å²) in [6, 6.07) is 7.62. The van der Waals surface area contributed by atoms with Gasteiger partial charge in [0.15, 0.2) is 0 Å². The smallest absolute Gasteiger partial charge is 0.392 e. The number of alkyl halides is 3. The molecule has 1 saturated heterocycles. The highest BCUT2D eigenvalue weighted by Gasteiger charge is 2.51. The molecule has 1 aliphatic rings. The van der Waals surface area contributed by atoms with Gasteiger partial charge in [0, 0.05) is 13.1 Å². The number of rotatable bonds is 6. The quantitative estimate of drug-likeness (QED) is 0.833. The zero-order valence-electron chi connectivity index (χ0n) is 15.5. The van der Waals surface area contributed by atoms with Gasteiger partial charge in [0.05, 0.1) is 19.6 Å². The van der Waals surface area contributed by atoms with Crippen LogP contribution in [0, 0.1) is 11.3 Å². The number of amides is 1. The lowest BCUT2D eigenvalue weighted by Gasteiger charge is -2.44. The number of nitrogens with zero attached hydrogens (tertiary/aromatic N) is 1. The van der Waals surface area contributed by atoms with Crippen LogP contribution in [0.25, 0.3) is 0 Å². The predicted molar refractivity (Wildman–Crippen MR) is 94.1 cm³/mol. The highest BCUT2D eigenvalue weighted by Crippen LogP contribution is 2.44. The van der Waals surface area contributed by atoms with Crippen LogP contribution in [-0.2, 0) is 11.2 Å². The van der Waals surface area contributed by atoms with Crippen LogP contribution >= 0.6 is 0 Å². The molecule has 0 spiro atoms. The predicted octanol–water partition coefficient (Wildman–Crippen LogP) is 3.26. The van der Waals surface area contributed by atoms with Crippen LogP contribution in [0.2, 0.25) is 0 Å². The van der Waals surface area contributed by atoms with Crippen molar-refractivity contribution in [3.63, 3.8) is 0 Å². The van der Waals surface area contributed by atoms with E-state index >= 15 is 0 Å². The third-order valence-corrected chi connectivity index (χ3v) is 4.94. The first-order valence-electron chi connectivity index (χ1n) is 8.80. The molecule has 7 heteroatoms. The molecule has 1 amide bonds. The number of ether oxygens (including phenoxy) is 1. The fraction of sp³-hybridized carbons (Fsp3) is 0.632. The second kappa shape index (κ2) is 8.29. The summed E-state index contributed by atoms with van der Waals surface area (Å²) in [7, 11) is 1.60. The van der Waals surface area contributed by atoms with E-state index in [4.69, 9.17) is 4.74 Å². The lowest BCUT2D eigenvalue weighted by Crippen LogP contribution is -2.52. The molecule has 1 N–H and O–H groups in total. The van der Waals surface area contributed by atoms with Crippen molar-refractivity contribution in [3.8, 4) is 5.75 Å². The summed E-state index contributed by atoms with van der Waals surface area (Å²) < 4.78 is 44.5. The minimum Gasteiger partial charge on any atom is -0.497 e. The number of halogens is 3. The Labute approximate surface area is 152 Å². The van der Waals surface area contributed by atoms with Crippen molar-refractivity contribution in [3.05, 3.63) is 29.8 Å². The number of likely N-dealkylation sites (tertiary alicyclic amines) is 1. The zero-order chi connectivity index (χ0) is 19.4. The molecule has 4 nitrogen and oxygen atoms in total. The van der Waals surface area contributed by atoms with E-state index in [0.29, 0.717) is 13.0 Å². The third-order valence-electron chi connectivity index (χ3n) is 4.94. The summed E-state index contributed by atoms with van der Waals surface area (Å²) >= 11 is 0. The lowest BCUT2D eigenvalue weighted by molar-refractivity contribution is -0.216. The summed E-state index contributed by atoms with van der Waals surface area (Å²) in [6.45, 7) is 4.41. The molecule has 146 valence electrons. The molecule has 0 saturated carbocycles. The highest BCUT2D eigenvalue weighted by atomic mass is 19.4. The molecule has 0 radical (unpaired) electrons. The molecule has 1 heterocycles. The normalized spacial score (nSPS) is 20.6. The molecule has 0 aliphatic carbocycles. The van der Waals surface area contributed by atoms with Crippen molar-refractivity contribution < 1.29 is 22.7 Å². The van der Waals surface area contributed by atoms with Crippen LogP contribution in [0.4, 0.5) is 13.2 Å². The number of piperidine rings is 1. The minimum absolute atomic E-state index is 0.0353. The van der Waals surface area contributed by atoms with Crippen molar-refractivity contribution in [2.45, 2.75) is 32.9 Å². The van der Waals surface area contributed by atoms with Gasteiger partial charge in [-0.3, -0.25) is 9.69 Å². The largest absolute Gasteiger partial charge is 0.497 e. The van der Waals surface area contributed by atoms with Crippen molar-refractivity contribution in [2.75, 3.05) is 33.3 Å². The molecule has 1 fully saturated rings. The average molecular weight is 372 g/mol. The SMILES string of the molecule is COc1cccc(CCNC(=O)CN2CCC(C(F)(F)F)C(C)(C)C2)c1. The molecule has 0 aromatic heterocycles. The number of nitrogens with one attached hydrogen (secondary N) is 1. The van der Waals surface area contributed by atoms with Gasteiger partial charge in [0.25, 0.3) is 0 Å². The zero-order valence-corrected chi connectivity index (χ0v) is 15.5. The second-order valence-electron chi connectivity index (χ2n) is 7.53. The van der Waals surface area contributed by atoms with E-state index in [9.17, 15) is 18.0 Å². The molecule has 1 atom stereocenters. The summed E-state index contributed by atoms with van der Waals surface area (Å²) in [5, 5.41) is 2.84. The number of hydrogen-bond acceptors (Lipinski definition) is 3. The van der Waals surface area contributed by atoms with Crippen LogP contribution in [0.1, 0.15) is 25.8 Å². The van der Waals surface area contributed by atoms with Gasteiger partial charge in [-0.05, 0) is 42.5 Å². The van der Waals surface area contributed by atoms with Gasteiger partial charge in [0.2, 0.25) is 5.91 Å². The maximum atomic E-state index is 13.1. The Hall–Kier alpha value is -1.76. The van der Waals surface area contributed by atoms with E-state index < -0.39 is 17.5 Å². The Kier molecular flexibility index (Phi) is 6.55. The Morgan fingerprint density at radius 3 is 2.73 bits per heavy atom.